The Morgan fingerprint density at radius 2 is 2.25 bits per heavy atom. The first kappa shape index (κ1) is 5.78. The maximum atomic E-state index is 10.4. The predicted octanol–water partition coefficient (Wildman–Crippen LogP) is -0.711. The first-order valence-electron chi connectivity index (χ1n) is 2.19. The summed E-state index contributed by atoms with van der Waals surface area (Å²) in [6.07, 6.45) is 0.495. The zero-order valence-electron chi connectivity index (χ0n) is 4.11. The van der Waals surface area contributed by atoms with Crippen LogP contribution in [0.1, 0.15) is 0 Å². The fraction of sp³-hybridized carbons (Fsp3) is 0.500. The SMILES string of the molecule is O=S1(=O)C=C[C@H](O)C1. The summed E-state index contributed by atoms with van der Waals surface area (Å²) in [6, 6.07) is 0. The average molecular weight is 134 g/mol. The Balaban J connectivity index is 2.89. The molecule has 1 rings (SSSR count). The Hall–Kier alpha value is -0.350. The van der Waals surface area contributed by atoms with E-state index in [0.717, 1.165) is 5.41 Å². The second-order valence-electron chi connectivity index (χ2n) is 1.73. The molecular formula is C4H6O3S. The van der Waals surface area contributed by atoms with Crippen LogP contribution >= 0.6 is 0 Å². The zero-order chi connectivity index (χ0) is 6.20. The van der Waals surface area contributed by atoms with Crippen LogP contribution in [0.5, 0.6) is 0 Å². The summed E-state index contributed by atoms with van der Waals surface area (Å²) in [7, 11) is -3.03. The van der Waals surface area contributed by atoms with Gasteiger partial charge < -0.3 is 5.11 Å². The van der Waals surface area contributed by atoms with Gasteiger partial charge in [-0.2, -0.15) is 0 Å². The third-order valence-electron chi connectivity index (χ3n) is 0.911. The Labute approximate surface area is 47.6 Å². The van der Waals surface area contributed by atoms with Crippen LogP contribution in [0.2, 0.25) is 0 Å². The van der Waals surface area contributed by atoms with Gasteiger partial charge in [0.2, 0.25) is 0 Å². The predicted molar refractivity (Wildman–Crippen MR) is 28.9 cm³/mol. The van der Waals surface area contributed by atoms with E-state index in [1.54, 1.807) is 0 Å². The molecule has 0 spiro atoms. The molecule has 0 aliphatic carbocycles. The summed E-state index contributed by atoms with van der Waals surface area (Å²) in [5, 5.41) is 9.64. The van der Waals surface area contributed by atoms with Gasteiger partial charge in [0, 0.05) is 5.41 Å². The van der Waals surface area contributed by atoms with Crippen LogP contribution in [-0.4, -0.2) is 25.4 Å². The summed E-state index contributed by atoms with van der Waals surface area (Å²) in [6.45, 7) is 0. The molecule has 1 atom stereocenters. The molecule has 3 nitrogen and oxygen atoms in total. The number of rotatable bonds is 0. The lowest BCUT2D eigenvalue weighted by atomic mass is 10.4. The lowest BCUT2D eigenvalue weighted by molar-refractivity contribution is 0.249. The molecule has 46 valence electrons. The van der Waals surface area contributed by atoms with Gasteiger partial charge in [0.1, 0.15) is 0 Å². The molecule has 0 saturated carbocycles. The lowest BCUT2D eigenvalue weighted by Gasteiger charge is -1.90. The smallest absolute Gasteiger partial charge is 0.174 e. The van der Waals surface area contributed by atoms with Gasteiger partial charge >= 0.3 is 0 Å². The van der Waals surface area contributed by atoms with Gasteiger partial charge in [-0.25, -0.2) is 8.42 Å². The van der Waals surface area contributed by atoms with Crippen molar-refractivity contribution in [3.63, 3.8) is 0 Å². The molecular weight excluding hydrogens is 128 g/mol. The van der Waals surface area contributed by atoms with Crippen molar-refractivity contribution in [1.82, 2.24) is 0 Å². The largest absolute Gasteiger partial charge is 0.388 e. The maximum absolute atomic E-state index is 10.4. The summed E-state index contributed by atoms with van der Waals surface area (Å²) in [5.41, 5.74) is 0. The molecule has 1 aliphatic rings. The van der Waals surface area contributed by atoms with Gasteiger partial charge in [0.05, 0.1) is 11.9 Å². The van der Waals surface area contributed by atoms with Crippen LogP contribution < -0.4 is 0 Å². The molecule has 0 fully saturated rings. The number of hydrogen-bond donors (Lipinski definition) is 1. The topological polar surface area (TPSA) is 54.4 Å². The first-order chi connectivity index (χ1) is 3.60. The molecule has 0 bridgehead atoms. The van der Waals surface area contributed by atoms with E-state index in [1.165, 1.54) is 6.08 Å². The molecule has 0 unspecified atom stereocenters. The summed E-state index contributed by atoms with van der Waals surface area (Å²) >= 11 is 0. The third-order valence-corrected chi connectivity index (χ3v) is 2.29. The second-order valence-corrected chi connectivity index (χ2v) is 3.66. The highest BCUT2D eigenvalue weighted by Crippen LogP contribution is 2.06. The molecule has 4 heteroatoms. The van der Waals surface area contributed by atoms with Crippen LogP contribution in [0.4, 0.5) is 0 Å². The average Bonchev–Trinajstić information content (AvgIpc) is 1.82. The Morgan fingerprint density at radius 1 is 1.62 bits per heavy atom. The standard InChI is InChI=1S/C4H6O3S/c5-4-1-2-8(6,7)3-4/h1-2,4-5H,3H2/t4-/m0/s1. The van der Waals surface area contributed by atoms with Crippen molar-refractivity contribution in [3.8, 4) is 0 Å². The van der Waals surface area contributed by atoms with Crippen molar-refractivity contribution >= 4 is 9.84 Å². The minimum Gasteiger partial charge on any atom is -0.388 e. The lowest BCUT2D eigenvalue weighted by Crippen LogP contribution is -2.08. The van der Waals surface area contributed by atoms with E-state index in [1.807, 2.05) is 0 Å². The van der Waals surface area contributed by atoms with Gasteiger partial charge in [0.25, 0.3) is 0 Å². The first-order valence-corrected chi connectivity index (χ1v) is 3.91. The van der Waals surface area contributed by atoms with Gasteiger partial charge in [-0.3, -0.25) is 0 Å². The maximum Gasteiger partial charge on any atom is 0.174 e. The molecule has 0 saturated heterocycles. The highest BCUT2D eigenvalue weighted by Gasteiger charge is 2.18. The highest BCUT2D eigenvalue weighted by atomic mass is 32.2. The third kappa shape index (κ3) is 1.08. The number of hydrogen-bond acceptors (Lipinski definition) is 3. The fourth-order valence-corrected chi connectivity index (χ4v) is 1.68. The van der Waals surface area contributed by atoms with Gasteiger partial charge in [0.15, 0.2) is 9.84 Å². The van der Waals surface area contributed by atoms with Crippen molar-refractivity contribution in [3.05, 3.63) is 11.5 Å². The van der Waals surface area contributed by atoms with Crippen molar-refractivity contribution < 1.29 is 13.5 Å². The minimum absolute atomic E-state index is 0.146. The van der Waals surface area contributed by atoms with Crippen LogP contribution in [-0.2, 0) is 9.84 Å². The van der Waals surface area contributed by atoms with Crippen LogP contribution in [0, 0.1) is 0 Å². The fourth-order valence-electron chi connectivity index (χ4n) is 0.560. The van der Waals surface area contributed by atoms with Gasteiger partial charge in [-0.05, 0) is 6.08 Å². The van der Waals surface area contributed by atoms with E-state index in [4.69, 9.17) is 5.11 Å². The normalized spacial score (nSPS) is 33.4. The van der Waals surface area contributed by atoms with Gasteiger partial charge in [-0.1, -0.05) is 0 Å². The number of sulfone groups is 1. The van der Waals surface area contributed by atoms with E-state index < -0.39 is 15.9 Å². The van der Waals surface area contributed by atoms with E-state index in [-0.39, 0.29) is 5.75 Å². The summed E-state index contributed by atoms with van der Waals surface area (Å²) in [5.74, 6) is -0.146. The van der Waals surface area contributed by atoms with E-state index in [2.05, 4.69) is 0 Å². The van der Waals surface area contributed by atoms with E-state index >= 15 is 0 Å². The quantitative estimate of drug-likeness (QED) is 0.476. The molecule has 1 aliphatic heterocycles. The van der Waals surface area contributed by atoms with Gasteiger partial charge in [-0.15, -0.1) is 0 Å². The van der Waals surface area contributed by atoms with Crippen LogP contribution in [0.15, 0.2) is 11.5 Å². The van der Waals surface area contributed by atoms with Crippen molar-refractivity contribution in [2.75, 3.05) is 5.75 Å². The Kier molecular flexibility index (Phi) is 1.13. The van der Waals surface area contributed by atoms with Crippen LogP contribution in [0.3, 0.4) is 0 Å². The zero-order valence-corrected chi connectivity index (χ0v) is 4.93. The molecule has 0 aromatic rings. The molecule has 1 heterocycles. The number of aliphatic hydroxyl groups is 1. The van der Waals surface area contributed by atoms with Crippen molar-refractivity contribution in [1.29, 1.82) is 0 Å². The molecule has 0 aromatic carbocycles. The monoisotopic (exact) mass is 134 g/mol. The number of aliphatic hydroxyl groups excluding tert-OH is 1. The summed E-state index contributed by atoms with van der Waals surface area (Å²) in [4.78, 5) is 0. The highest BCUT2D eigenvalue weighted by molar-refractivity contribution is 7.94. The van der Waals surface area contributed by atoms with Crippen LogP contribution in [0.25, 0.3) is 0 Å². The Morgan fingerprint density at radius 3 is 2.38 bits per heavy atom. The van der Waals surface area contributed by atoms with E-state index in [0.29, 0.717) is 0 Å². The molecule has 8 heavy (non-hydrogen) atoms. The van der Waals surface area contributed by atoms with E-state index in [9.17, 15) is 8.42 Å². The minimum atomic E-state index is -3.03. The molecule has 0 radical (unpaired) electrons. The Bertz CT molecular complexity index is 201. The van der Waals surface area contributed by atoms with Crippen molar-refractivity contribution in [2.24, 2.45) is 0 Å². The molecule has 1 N–H and O–H groups in total. The second kappa shape index (κ2) is 1.56. The summed E-state index contributed by atoms with van der Waals surface area (Å²) < 4.78 is 20.8. The molecule has 0 aromatic heterocycles. The molecule has 0 amide bonds. The van der Waals surface area contributed by atoms with Crippen molar-refractivity contribution in [2.45, 2.75) is 6.10 Å².